The number of hydrogen-bond donors (Lipinski definition) is 2. The third kappa shape index (κ3) is 3.57. The standard InChI is InChI=1S/C18H24N6O/c1-12-5-2-3-6-13(12)20-18-22-16(21-17(19)23-18)11-24-9-10-25-15-8-4-7-14(15)24/h2-3,5-6,14-15H,4,7-11H2,1H3,(H3,19,20,21,22,23)/t14-,15-/m0/s1. The molecule has 0 bridgehead atoms. The van der Waals surface area contributed by atoms with E-state index in [1.54, 1.807) is 0 Å². The van der Waals surface area contributed by atoms with Gasteiger partial charge in [0.2, 0.25) is 11.9 Å². The van der Waals surface area contributed by atoms with Gasteiger partial charge in [0.05, 0.1) is 19.3 Å². The fourth-order valence-corrected chi connectivity index (χ4v) is 3.78. The lowest BCUT2D eigenvalue weighted by atomic mass is 10.1. The molecule has 1 saturated heterocycles. The van der Waals surface area contributed by atoms with Crippen LogP contribution in [-0.2, 0) is 11.3 Å². The zero-order valence-corrected chi connectivity index (χ0v) is 14.5. The molecule has 2 aliphatic rings. The average Bonchev–Trinajstić information content (AvgIpc) is 3.06. The Morgan fingerprint density at radius 1 is 1.24 bits per heavy atom. The predicted octanol–water partition coefficient (Wildman–Crippen LogP) is 2.26. The average molecular weight is 340 g/mol. The fourth-order valence-electron chi connectivity index (χ4n) is 3.78. The molecule has 0 radical (unpaired) electrons. The molecule has 25 heavy (non-hydrogen) atoms. The number of nitrogen functional groups attached to an aromatic ring is 1. The minimum atomic E-state index is 0.248. The Labute approximate surface area is 147 Å². The van der Waals surface area contributed by atoms with Gasteiger partial charge in [-0.2, -0.15) is 15.0 Å². The number of aromatic nitrogens is 3. The lowest BCUT2D eigenvalue weighted by Crippen LogP contribution is -2.48. The molecular weight excluding hydrogens is 316 g/mol. The summed E-state index contributed by atoms with van der Waals surface area (Å²) in [6.45, 7) is 4.41. The summed E-state index contributed by atoms with van der Waals surface area (Å²) < 4.78 is 5.88. The molecule has 2 fully saturated rings. The maximum atomic E-state index is 5.92. The van der Waals surface area contributed by atoms with E-state index in [2.05, 4.69) is 25.2 Å². The molecule has 2 atom stereocenters. The van der Waals surface area contributed by atoms with Gasteiger partial charge < -0.3 is 15.8 Å². The maximum Gasteiger partial charge on any atom is 0.232 e. The number of anilines is 3. The number of ether oxygens (including phenoxy) is 1. The van der Waals surface area contributed by atoms with E-state index >= 15 is 0 Å². The summed E-state index contributed by atoms with van der Waals surface area (Å²) in [4.78, 5) is 15.6. The molecule has 0 spiro atoms. The minimum Gasteiger partial charge on any atom is -0.375 e. The Balaban J connectivity index is 1.52. The van der Waals surface area contributed by atoms with Gasteiger partial charge in [0, 0.05) is 18.3 Å². The van der Waals surface area contributed by atoms with Gasteiger partial charge in [-0.15, -0.1) is 0 Å². The number of rotatable bonds is 4. The van der Waals surface area contributed by atoms with Crippen molar-refractivity contribution >= 4 is 17.6 Å². The van der Waals surface area contributed by atoms with Gasteiger partial charge in [0.15, 0.2) is 0 Å². The highest BCUT2D eigenvalue weighted by Crippen LogP contribution is 2.30. The van der Waals surface area contributed by atoms with Crippen LogP contribution < -0.4 is 11.1 Å². The zero-order chi connectivity index (χ0) is 17.2. The molecule has 1 aliphatic heterocycles. The van der Waals surface area contributed by atoms with Crippen LogP contribution in [0.25, 0.3) is 0 Å². The Morgan fingerprint density at radius 3 is 3.00 bits per heavy atom. The highest BCUT2D eigenvalue weighted by Gasteiger charge is 2.36. The van der Waals surface area contributed by atoms with E-state index in [-0.39, 0.29) is 5.95 Å². The predicted molar refractivity (Wildman–Crippen MR) is 96.5 cm³/mol. The summed E-state index contributed by atoms with van der Waals surface area (Å²) in [5, 5.41) is 3.25. The van der Waals surface area contributed by atoms with Gasteiger partial charge in [-0.3, -0.25) is 4.90 Å². The number of fused-ring (bicyclic) bond motifs is 1. The first-order valence-corrected chi connectivity index (χ1v) is 8.88. The van der Waals surface area contributed by atoms with Gasteiger partial charge in [0.1, 0.15) is 5.82 Å². The second-order valence-electron chi connectivity index (χ2n) is 6.75. The quantitative estimate of drug-likeness (QED) is 0.882. The largest absolute Gasteiger partial charge is 0.375 e. The summed E-state index contributed by atoms with van der Waals surface area (Å²) >= 11 is 0. The number of nitrogens with one attached hydrogen (secondary N) is 1. The molecule has 1 saturated carbocycles. The van der Waals surface area contributed by atoms with E-state index in [0.29, 0.717) is 30.5 Å². The van der Waals surface area contributed by atoms with Crippen LogP contribution in [0, 0.1) is 6.92 Å². The Bertz CT molecular complexity index is 752. The van der Waals surface area contributed by atoms with Gasteiger partial charge in [0.25, 0.3) is 0 Å². The Kier molecular flexibility index (Phi) is 4.50. The molecule has 2 aromatic rings. The van der Waals surface area contributed by atoms with Crippen LogP contribution in [0.3, 0.4) is 0 Å². The minimum absolute atomic E-state index is 0.248. The Hall–Kier alpha value is -2.25. The molecule has 7 heteroatoms. The van der Waals surface area contributed by atoms with E-state index < -0.39 is 0 Å². The van der Waals surface area contributed by atoms with Crippen molar-refractivity contribution in [3.8, 4) is 0 Å². The molecule has 2 heterocycles. The van der Waals surface area contributed by atoms with Crippen LogP contribution in [-0.4, -0.2) is 45.1 Å². The van der Waals surface area contributed by atoms with Crippen LogP contribution in [0.15, 0.2) is 24.3 Å². The molecule has 3 N–H and O–H groups in total. The molecule has 1 aromatic carbocycles. The van der Waals surface area contributed by atoms with Gasteiger partial charge >= 0.3 is 0 Å². The smallest absolute Gasteiger partial charge is 0.232 e. The van der Waals surface area contributed by atoms with Gasteiger partial charge in [-0.1, -0.05) is 18.2 Å². The van der Waals surface area contributed by atoms with E-state index in [1.807, 2.05) is 31.2 Å². The van der Waals surface area contributed by atoms with Crippen molar-refractivity contribution in [2.45, 2.75) is 44.9 Å². The summed E-state index contributed by atoms with van der Waals surface area (Å²) in [5.74, 6) is 1.45. The van der Waals surface area contributed by atoms with Crippen molar-refractivity contribution in [1.29, 1.82) is 0 Å². The van der Waals surface area contributed by atoms with Crippen LogP contribution in [0.1, 0.15) is 30.7 Å². The lowest BCUT2D eigenvalue weighted by molar-refractivity contribution is -0.0596. The first kappa shape index (κ1) is 16.2. The highest BCUT2D eigenvalue weighted by atomic mass is 16.5. The van der Waals surface area contributed by atoms with E-state index in [9.17, 15) is 0 Å². The molecule has 1 aromatic heterocycles. The van der Waals surface area contributed by atoms with E-state index in [1.165, 1.54) is 12.8 Å². The number of nitrogens with two attached hydrogens (primary N) is 1. The summed E-state index contributed by atoms with van der Waals surface area (Å²) in [6.07, 6.45) is 3.92. The first-order valence-electron chi connectivity index (χ1n) is 8.88. The molecule has 1 aliphatic carbocycles. The molecule has 4 rings (SSSR count). The maximum absolute atomic E-state index is 5.92. The number of morpholine rings is 1. The van der Waals surface area contributed by atoms with E-state index in [0.717, 1.165) is 30.8 Å². The topological polar surface area (TPSA) is 89.2 Å². The molecule has 7 nitrogen and oxygen atoms in total. The summed E-state index contributed by atoms with van der Waals surface area (Å²) in [7, 11) is 0. The second kappa shape index (κ2) is 6.93. The van der Waals surface area contributed by atoms with Crippen molar-refractivity contribution in [2.24, 2.45) is 0 Å². The zero-order valence-electron chi connectivity index (χ0n) is 14.5. The van der Waals surface area contributed by atoms with Crippen LogP contribution in [0.4, 0.5) is 17.6 Å². The van der Waals surface area contributed by atoms with Gasteiger partial charge in [-0.05, 0) is 37.8 Å². The van der Waals surface area contributed by atoms with Crippen molar-refractivity contribution < 1.29 is 4.74 Å². The third-order valence-electron chi connectivity index (χ3n) is 5.03. The normalized spacial score (nSPS) is 23.4. The third-order valence-corrected chi connectivity index (χ3v) is 5.03. The van der Waals surface area contributed by atoms with E-state index in [4.69, 9.17) is 10.5 Å². The van der Waals surface area contributed by atoms with Gasteiger partial charge in [-0.25, -0.2) is 0 Å². The molecular formula is C18H24N6O. The number of benzene rings is 1. The number of aryl methyl sites for hydroxylation is 1. The molecule has 0 amide bonds. The summed E-state index contributed by atoms with van der Waals surface area (Å²) in [6, 6.07) is 8.50. The van der Waals surface area contributed by atoms with Crippen molar-refractivity contribution in [3.63, 3.8) is 0 Å². The SMILES string of the molecule is Cc1ccccc1Nc1nc(N)nc(CN2CCO[C@H]3CCC[C@@H]32)n1. The van der Waals surface area contributed by atoms with Crippen molar-refractivity contribution in [2.75, 3.05) is 24.2 Å². The number of hydrogen-bond acceptors (Lipinski definition) is 7. The monoisotopic (exact) mass is 340 g/mol. The summed E-state index contributed by atoms with van der Waals surface area (Å²) in [5.41, 5.74) is 8.02. The van der Waals surface area contributed by atoms with Crippen LogP contribution in [0.5, 0.6) is 0 Å². The number of para-hydroxylation sites is 1. The second-order valence-corrected chi connectivity index (χ2v) is 6.75. The molecule has 132 valence electrons. The Morgan fingerprint density at radius 2 is 2.12 bits per heavy atom. The highest BCUT2D eigenvalue weighted by molar-refractivity contribution is 5.58. The first-order chi connectivity index (χ1) is 12.2. The van der Waals surface area contributed by atoms with Crippen LogP contribution >= 0.6 is 0 Å². The number of nitrogens with zero attached hydrogens (tertiary/aromatic N) is 4. The van der Waals surface area contributed by atoms with Crippen LogP contribution in [0.2, 0.25) is 0 Å². The molecule has 0 unspecified atom stereocenters. The van der Waals surface area contributed by atoms with Crippen molar-refractivity contribution in [1.82, 2.24) is 19.9 Å². The fraction of sp³-hybridized carbons (Fsp3) is 0.500. The lowest BCUT2D eigenvalue weighted by Gasteiger charge is -2.37. The van der Waals surface area contributed by atoms with Crippen molar-refractivity contribution in [3.05, 3.63) is 35.7 Å².